The lowest BCUT2D eigenvalue weighted by atomic mass is 9.94. The van der Waals surface area contributed by atoms with Gasteiger partial charge in [-0.15, -0.1) is 11.3 Å². The van der Waals surface area contributed by atoms with Crippen molar-refractivity contribution in [2.45, 2.75) is 128 Å². The zero-order valence-corrected chi connectivity index (χ0v) is 47.6. The predicted octanol–water partition coefficient (Wildman–Crippen LogP) is 10.7. The molecule has 0 aliphatic heterocycles. The summed E-state index contributed by atoms with van der Waals surface area (Å²) in [5.74, 6) is 0.219. The Bertz CT molecular complexity index is 3280. The summed E-state index contributed by atoms with van der Waals surface area (Å²) in [7, 11) is -4.70. The smallest absolute Gasteiger partial charge is 0.333 e. The van der Waals surface area contributed by atoms with Crippen LogP contribution in [0.25, 0.3) is 21.0 Å². The summed E-state index contributed by atoms with van der Waals surface area (Å²) in [5, 5.41) is 3.79. The lowest BCUT2D eigenvalue weighted by Gasteiger charge is -2.46. The SMILES string of the molecule is COc1ccccc1[C@H](Cn1c(=O)n(C(C)(C)C(=O)O[Si](c2ccccc2)(c2ccccc2)C(C)(C)C)c(=O)c2c(C)c(-c3ncco3)sc21)OC1CCC(O[Si](c2ccccc2)(c2ccccc2)C(C)(C)C)CC1. The van der Waals surface area contributed by atoms with E-state index in [0.29, 0.717) is 39.8 Å². The molecule has 0 N–H and O–H groups in total. The molecule has 11 nitrogen and oxygen atoms in total. The highest BCUT2D eigenvalue weighted by Crippen LogP contribution is 2.43. The number of aromatic nitrogens is 3. The van der Waals surface area contributed by atoms with Crippen LogP contribution in [-0.2, 0) is 30.5 Å². The fourth-order valence-electron chi connectivity index (χ4n) is 11.3. The predicted molar refractivity (Wildman–Crippen MR) is 305 cm³/mol. The van der Waals surface area contributed by atoms with Crippen LogP contribution in [0.2, 0.25) is 10.1 Å². The Hall–Kier alpha value is -6.43. The standard InChI is InChI=1S/C61H69N3O8SSi2/c1-42-52-55(65)64(61(8,9)57(66)72-75(60(5,6)7,47-29-19-13-20-30-47)48-31-21-14-22-32-48)58(67)63(56(52)73-53(42)54-62-39-40-69-54)41-51(49-33-23-24-34-50(49)68-10)70-43-35-37-44(38-36-43)71-74(59(2,3)4,45-25-15-11-16-26-45)46-27-17-12-18-28-46/h11-34,39-40,43-44,51H,35-38,41H2,1-10H3/t43?,44?,51-/m0/s1. The van der Waals surface area contributed by atoms with E-state index in [9.17, 15) is 0 Å². The quantitative estimate of drug-likeness (QED) is 0.0870. The molecule has 1 saturated carbocycles. The molecular formula is C61H69N3O8SSi2. The van der Waals surface area contributed by atoms with Crippen molar-refractivity contribution < 1.29 is 27.5 Å². The Balaban J connectivity index is 1.12. The minimum Gasteiger partial charge on any atom is -0.508 e. The van der Waals surface area contributed by atoms with E-state index in [2.05, 4.69) is 107 Å². The monoisotopic (exact) mass is 1060 g/mol. The van der Waals surface area contributed by atoms with Crippen molar-refractivity contribution in [3.8, 4) is 16.5 Å². The van der Waals surface area contributed by atoms with E-state index >= 15 is 14.4 Å². The summed E-state index contributed by atoms with van der Waals surface area (Å²) in [5.41, 5.74) is -1.77. The zero-order chi connectivity index (χ0) is 53.3. The average Bonchev–Trinajstić information content (AvgIpc) is 4.07. The maximum atomic E-state index is 15.8. The number of aryl methyl sites for hydroxylation is 1. The normalized spacial score (nSPS) is 16.2. The lowest BCUT2D eigenvalue weighted by Crippen LogP contribution is -2.69. The van der Waals surface area contributed by atoms with Gasteiger partial charge in [-0.05, 0) is 88.9 Å². The van der Waals surface area contributed by atoms with Gasteiger partial charge in [0.15, 0.2) is 0 Å². The largest absolute Gasteiger partial charge is 0.508 e. The first-order valence-corrected chi connectivity index (χ1v) is 30.6. The van der Waals surface area contributed by atoms with Gasteiger partial charge in [0.2, 0.25) is 5.89 Å². The number of fused-ring (bicyclic) bond motifs is 1. The second-order valence-electron chi connectivity index (χ2n) is 22.3. The van der Waals surface area contributed by atoms with Crippen molar-refractivity contribution in [3.63, 3.8) is 0 Å². The number of carbonyl (C=O) groups excluding carboxylic acids is 1. The summed E-state index contributed by atoms with van der Waals surface area (Å²) in [4.78, 5) is 52.0. The summed E-state index contributed by atoms with van der Waals surface area (Å²) < 4.78 is 36.4. The van der Waals surface area contributed by atoms with Gasteiger partial charge in [0.1, 0.15) is 28.5 Å². The molecule has 3 heterocycles. The molecule has 390 valence electrons. The fraction of sp³-hybridized carbons (Fsp3) is 0.344. The summed E-state index contributed by atoms with van der Waals surface area (Å²) in [6.45, 7) is 18.2. The van der Waals surface area contributed by atoms with Crippen LogP contribution in [0.5, 0.6) is 5.75 Å². The first-order chi connectivity index (χ1) is 35.8. The van der Waals surface area contributed by atoms with E-state index in [0.717, 1.165) is 33.3 Å². The molecule has 0 spiro atoms. The second kappa shape index (κ2) is 21.3. The van der Waals surface area contributed by atoms with Gasteiger partial charge in [-0.2, -0.15) is 0 Å². The third-order valence-corrected chi connectivity index (χ3v) is 26.4. The molecule has 0 unspecified atom stereocenters. The van der Waals surface area contributed by atoms with Crippen LogP contribution in [-0.4, -0.2) is 56.0 Å². The van der Waals surface area contributed by atoms with Gasteiger partial charge >= 0.3 is 20.0 Å². The van der Waals surface area contributed by atoms with Gasteiger partial charge < -0.3 is 22.7 Å². The van der Waals surface area contributed by atoms with E-state index in [1.165, 1.54) is 28.0 Å². The minimum absolute atomic E-state index is 0.0137. The van der Waals surface area contributed by atoms with Crippen molar-refractivity contribution >= 4 is 64.9 Å². The van der Waals surface area contributed by atoms with Crippen LogP contribution in [0, 0.1) is 6.92 Å². The van der Waals surface area contributed by atoms with E-state index in [4.69, 9.17) is 22.7 Å². The Morgan fingerprint density at radius 2 is 1.17 bits per heavy atom. The van der Waals surface area contributed by atoms with Crippen LogP contribution in [0.4, 0.5) is 0 Å². The highest BCUT2D eigenvalue weighted by Gasteiger charge is 2.56. The number of hydrogen-bond acceptors (Lipinski definition) is 10. The number of oxazole rings is 1. The average molecular weight is 1060 g/mol. The Morgan fingerprint density at radius 1 is 0.693 bits per heavy atom. The molecule has 9 rings (SSSR count). The minimum atomic E-state index is -3.50. The van der Waals surface area contributed by atoms with Crippen molar-refractivity contribution in [2.75, 3.05) is 7.11 Å². The molecule has 3 aromatic heterocycles. The molecule has 0 bridgehead atoms. The first-order valence-electron chi connectivity index (χ1n) is 25.9. The number of para-hydroxylation sites is 1. The molecule has 8 aromatic rings. The molecule has 14 heteroatoms. The van der Waals surface area contributed by atoms with Crippen LogP contribution < -0.4 is 36.7 Å². The van der Waals surface area contributed by atoms with Crippen molar-refractivity contribution in [1.29, 1.82) is 0 Å². The van der Waals surface area contributed by atoms with E-state index in [1.54, 1.807) is 31.7 Å². The number of nitrogens with zero attached hydrogens (tertiary/aromatic N) is 3. The van der Waals surface area contributed by atoms with Crippen molar-refractivity contribution in [2.24, 2.45) is 0 Å². The van der Waals surface area contributed by atoms with Crippen LogP contribution in [0.1, 0.15) is 98.3 Å². The highest BCUT2D eigenvalue weighted by molar-refractivity contribution is 7.22. The molecule has 0 saturated heterocycles. The van der Waals surface area contributed by atoms with Gasteiger partial charge in [-0.3, -0.25) is 14.2 Å². The Labute approximate surface area is 446 Å². The highest BCUT2D eigenvalue weighted by atomic mass is 32.1. The Kier molecular flexibility index (Phi) is 15.2. The van der Waals surface area contributed by atoms with Gasteiger partial charge in [0, 0.05) is 11.7 Å². The van der Waals surface area contributed by atoms with E-state index < -0.39 is 50.5 Å². The molecule has 1 aliphatic carbocycles. The molecule has 75 heavy (non-hydrogen) atoms. The van der Waals surface area contributed by atoms with E-state index in [-0.39, 0.29) is 29.2 Å². The summed E-state index contributed by atoms with van der Waals surface area (Å²) >= 11 is 1.25. The number of hydrogen-bond donors (Lipinski definition) is 0. The maximum absolute atomic E-state index is 15.8. The van der Waals surface area contributed by atoms with Crippen molar-refractivity contribution in [3.05, 3.63) is 190 Å². The first kappa shape index (κ1) is 53.4. The van der Waals surface area contributed by atoms with Crippen LogP contribution >= 0.6 is 11.3 Å². The van der Waals surface area contributed by atoms with Crippen molar-refractivity contribution in [1.82, 2.24) is 14.1 Å². The summed E-state index contributed by atoms with van der Waals surface area (Å²) in [6.07, 6.45) is 5.05. The van der Waals surface area contributed by atoms with Crippen LogP contribution in [0.3, 0.4) is 0 Å². The molecule has 5 aromatic carbocycles. The summed E-state index contributed by atoms with van der Waals surface area (Å²) in [6, 6.07) is 48.8. The van der Waals surface area contributed by atoms with Crippen LogP contribution in [0.15, 0.2) is 172 Å². The Morgan fingerprint density at radius 3 is 1.65 bits per heavy atom. The number of ether oxygens (including phenoxy) is 2. The number of rotatable bonds is 16. The third-order valence-electron chi connectivity index (χ3n) is 15.1. The lowest BCUT2D eigenvalue weighted by molar-refractivity contribution is -0.144. The molecule has 1 atom stereocenters. The molecule has 0 amide bonds. The zero-order valence-electron chi connectivity index (χ0n) is 44.8. The second-order valence-corrected chi connectivity index (χ2v) is 31.7. The van der Waals surface area contributed by atoms with Gasteiger partial charge in [-0.1, -0.05) is 181 Å². The van der Waals surface area contributed by atoms with Gasteiger partial charge in [-0.25, -0.2) is 14.3 Å². The molecule has 1 aliphatic rings. The van der Waals surface area contributed by atoms with Gasteiger partial charge in [0.05, 0.1) is 36.2 Å². The fourth-order valence-corrected chi connectivity index (χ4v) is 21.8. The topological polar surface area (TPSA) is 124 Å². The van der Waals surface area contributed by atoms with E-state index in [1.807, 2.05) is 91.9 Å². The molecule has 0 radical (unpaired) electrons. The number of methoxy groups -OCH3 is 1. The van der Waals surface area contributed by atoms with Gasteiger partial charge in [0.25, 0.3) is 13.9 Å². The maximum Gasteiger partial charge on any atom is 0.333 e. The number of thiophene rings is 1. The third kappa shape index (κ3) is 9.87. The molecule has 1 fully saturated rings. The molecular weight excluding hydrogens is 991 g/mol. The number of benzene rings is 5. The number of carbonyl (C=O) groups is 1.